The van der Waals surface area contributed by atoms with E-state index >= 15 is 0 Å². The van der Waals surface area contributed by atoms with Crippen LogP contribution in [0.2, 0.25) is 5.02 Å². The molecule has 4 rings (SSSR count). The first-order valence-electron chi connectivity index (χ1n) is 10.3. The van der Waals surface area contributed by atoms with Gasteiger partial charge in [0.1, 0.15) is 17.9 Å². The maximum Gasteiger partial charge on any atom is 0.338 e. The molecule has 2 aromatic rings. The molecule has 178 valence electrons. The number of halogens is 2. The van der Waals surface area contributed by atoms with Crippen LogP contribution in [0.15, 0.2) is 52.9 Å². The van der Waals surface area contributed by atoms with Crippen LogP contribution in [0.3, 0.4) is 0 Å². The predicted octanol–water partition coefficient (Wildman–Crippen LogP) is 1.57. The van der Waals surface area contributed by atoms with Crippen molar-refractivity contribution in [3.05, 3.63) is 70.2 Å². The van der Waals surface area contributed by atoms with E-state index in [9.17, 15) is 19.1 Å². The van der Waals surface area contributed by atoms with Crippen LogP contribution in [-0.4, -0.2) is 77.2 Å². The molecule has 0 unspecified atom stereocenters. The van der Waals surface area contributed by atoms with Crippen LogP contribution in [-0.2, 0) is 19.1 Å². The van der Waals surface area contributed by atoms with E-state index < -0.39 is 29.8 Å². The van der Waals surface area contributed by atoms with Gasteiger partial charge in [0, 0.05) is 41.8 Å². The fraction of sp³-hybridized carbons (Fsp3) is 0.318. The Kier molecular flexibility index (Phi) is 7.15. The largest absolute Gasteiger partial charge is 0.480 e. The summed E-state index contributed by atoms with van der Waals surface area (Å²) in [6.45, 7) is 0.714. The number of aliphatic carboxylic acids is 1. The number of benzene rings is 1. The first-order chi connectivity index (χ1) is 16.4. The lowest BCUT2D eigenvalue weighted by atomic mass is 9.95. The summed E-state index contributed by atoms with van der Waals surface area (Å²) in [5.41, 5.74) is 0.835. The highest BCUT2D eigenvalue weighted by Crippen LogP contribution is 2.36. The number of carboxylic acid groups (broad SMARTS) is 1. The zero-order valence-corrected chi connectivity index (χ0v) is 18.8. The Morgan fingerprint density at radius 2 is 2.12 bits per heavy atom. The number of morpholine rings is 1. The molecule has 0 spiro atoms. The second kappa shape index (κ2) is 10.2. The Balaban J connectivity index is 1.84. The van der Waals surface area contributed by atoms with Gasteiger partial charge >= 0.3 is 11.9 Å². The number of hydrogen-bond acceptors (Lipinski definition) is 9. The molecule has 10 nitrogen and oxygen atoms in total. The fourth-order valence-corrected chi connectivity index (χ4v) is 4.08. The highest BCUT2D eigenvalue weighted by atomic mass is 35.5. The molecule has 1 fully saturated rings. The summed E-state index contributed by atoms with van der Waals surface area (Å²) in [5, 5.41) is 12.8. The summed E-state index contributed by atoms with van der Waals surface area (Å²) in [4.78, 5) is 39.4. The van der Waals surface area contributed by atoms with Crippen LogP contribution in [0.1, 0.15) is 17.4 Å². The third kappa shape index (κ3) is 4.91. The molecule has 34 heavy (non-hydrogen) atoms. The molecule has 2 aliphatic rings. The van der Waals surface area contributed by atoms with Crippen molar-refractivity contribution in [1.82, 2.24) is 20.2 Å². The quantitative estimate of drug-likeness (QED) is 0.581. The number of methoxy groups -OCH3 is 1. The van der Waals surface area contributed by atoms with Gasteiger partial charge in [-0.15, -0.1) is 0 Å². The molecule has 1 aromatic heterocycles. The van der Waals surface area contributed by atoms with Crippen molar-refractivity contribution in [2.24, 2.45) is 4.99 Å². The summed E-state index contributed by atoms with van der Waals surface area (Å²) < 4.78 is 24.1. The van der Waals surface area contributed by atoms with Crippen molar-refractivity contribution in [3.8, 4) is 0 Å². The number of carboxylic acids is 1. The molecule has 2 aliphatic heterocycles. The van der Waals surface area contributed by atoms with Crippen molar-refractivity contribution < 1.29 is 28.6 Å². The van der Waals surface area contributed by atoms with Gasteiger partial charge in [0.05, 0.1) is 25.9 Å². The lowest BCUT2D eigenvalue weighted by Crippen LogP contribution is -2.52. The maximum absolute atomic E-state index is 13.8. The Bertz CT molecular complexity index is 1160. The predicted molar refractivity (Wildman–Crippen MR) is 119 cm³/mol. The molecule has 0 amide bonds. The van der Waals surface area contributed by atoms with Gasteiger partial charge in [0.2, 0.25) is 0 Å². The minimum absolute atomic E-state index is 0.00608. The number of esters is 1. The SMILES string of the molecule is COC(=O)C1=C(CN2CCOC[C@H]2C(=O)O)NC(c2ncccn2)=N[C@H]1c1ccc(F)cc1Cl. The van der Waals surface area contributed by atoms with Gasteiger partial charge in [0.25, 0.3) is 0 Å². The van der Waals surface area contributed by atoms with Crippen LogP contribution in [0.25, 0.3) is 0 Å². The number of ether oxygens (including phenoxy) is 2. The van der Waals surface area contributed by atoms with Gasteiger partial charge in [-0.2, -0.15) is 0 Å². The number of nitrogens with one attached hydrogen (secondary N) is 1. The van der Waals surface area contributed by atoms with Crippen molar-refractivity contribution in [1.29, 1.82) is 0 Å². The molecule has 2 N–H and O–H groups in total. The number of nitrogens with zero attached hydrogens (tertiary/aromatic N) is 4. The average Bonchev–Trinajstić information content (AvgIpc) is 2.84. The second-order valence-corrected chi connectivity index (χ2v) is 7.93. The van der Waals surface area contributed by atoms with E-state index in [2.05, 4.69) is 20.3 Å². The summed E-state index contributed by atoms with van der Waals surface area (Å²) in [6, 6.07) is 3.54. The second-order valence-electron chi connectivity index (χ2n) is 7.53. The minimum Gasteiger partial charge on any atom is -0.480 e. The first kappa shape index (κ1) is 23.7. The molecule has 0 saturated carbocycles. The van der Waals surface area contributed by atoms with E-state index in [0.717, 1.165) is 6.07 Å². The first-order valence-corrected chi connectivity index (χ1v) is 10.7. The summed E-state index contributed by atoms with van der Waals surface area (Å²) in [7, 11) is 1.23. The third-order valence-corrected chi connectivity index (χ3v) is 5.78. The third-order valence-electron chi connectivity index (χ3n) is 5.45. The van der Waals surface area contributed by atoms with Gasteiger partial charge in [0.15, 0.2) is 11.7 Å². The van der Waals surface area contributed by atoms with Crippen molar-refractivity contribution >= 4 is 29.4 Å². The van der Waals surface area contributed by atoms with Gasteiger partial charge < -0.3 is 19.9 Å². The van der Waals surface area contributed by atoms with E-state index in [1.54, 1.807) is 11.0 Å². The zero-order chi connectivity index (χ0) is 24.2. The van der Waals surface area contributed by atoms with E-state index in [-0.39, 0.29) is 35.4 Å². The number of carbonyl (C=O) groups is 2. The number of hydrogen-bond donors (Lipinski definition) is 2. The molecule has 1 saturated heterocycles. The maximum atomic E-state index is 13.8. The number of amidine groups is 1. The minimum atomic E-state index is -1.05. The summed E-state index contributed by atoms with van der Waals surface area (Å²) in [5.74, 6) is -1.78. The zero-order valence-electron chi connectivity index (χ0n) is 18.1. The van der Waals surface area contributed by atoms with Gasteiger partial charge in [-0.1, -0.05) is 17.7 Å². The molecule has 2 atom stereocenters. The molecule has 0 aliphatic carbocycles. The molecular weight excluding hydrogens is 469 g/mol. The van der Waals surface area contributed by atoms with Crippen LogP contribution in [0, 0.1) is 5.82 Å². The number of aliphatic imine (C=N–C) groups is 1. The molecule has 0 radical (unpaired) electrons. The molecule has 12 heteroatoms. The van der Waals surface area contributed by atoms with Crippen molar-refractivity contribution in [3.63, 3.8) is 0 Å². The Hall–Kier alpha value is -3.41. The number of aromatic nitrogens is 2. The monoisotopic (exact) mass is 489 g/mol. The van der Waals surface area contributed by atoms with Crippen LogP contribution >= 0.6 is 11.6 Å². The Morgan fingerprint density at radius 1 is 1.35 bits per heavy atom. The number of rotatable bonds is 6. The highest BCUT2D eigenvalue weighted by Gasteiger charge is 2.37. The Labute approximate surface area is 199 Å². The molecular formula is C22H21ClFN5O5. The average molecular weight is 490 g/mol. The smallest absolute Gasteiger partial charge is 0.338 e. The van der Waals surface area contributed by atoms with Crippen LogP contribution in [0.5, 0.6) is 0 Å². The van der Waals surface area contributed by atoms with E-state index in [1.807, 2.05) is 0 Å². The van der Waals surface area contributed by atoms with Crippen molar-refractivity contribution in [2.45, 2.75) is 12.1 Å². The lowest BCUT2D eigenvalue weighted by molar-refractivity contribution is -0.149. The summed E-state index contributed by atoms with van der Waals surface area (Å²) in [6.07, 6.45) is 3.07. The summed E-state index contributed by atoms with van der Waals surface area (Å²) >= 11 is 6.33. The number of carbonyl (C=O) groups excluding carboxylic acids is 1. The van der Waals surface area contributed by atoms with E-state index in [4.69, 9.17) is 21.1 Å². The molecule has 0 bridgehead atoms. The van der Waals surface area contributed by atoms with E-state index in [1.165, 1.54) is 31.6 Å². The van der Waals surface area contributed by atoms with Crippen LogP contribution < -0.4 is 5.32 Å². The Morgan fingerprint density at radius 3 is 2.79 bits per heavy atom. The van der Waals surface area contributed by atoms with Gasteiger partial charge in [-0.3, -0.25) is 14.7 Å². The lowest BCUT2D eigenvalue weighted by Gasteiger charge is -2.35. The van der Waals surface area contributed by atoms with Crippen molar-refractivity contribution in [2.75, 3.05) is 33.4 Å². The standard InChI is InChI=1S/C22H21ClFN5O5/c1-33-22(32)17-15(10-29-7-8-34-11-16(29)21(30)31)27-20(19-25-5-2-6-26-19)28-18(17)13-4-3-12(24)9-14(13)23/h2-6,9,16,18H,7-8,10-11H2,1H3,(H,27,28)(H,30,31)/t16-,18-/m0/s1. The molecule has 3 heterocycles. The normalized spacial score (nSPS) is 21.0. The molecule has 1 aromatic carbocycles. The highest BCUT2D eigenvalue weighted by molar-refractivity contribution is 6.31. The van der Waals surface area contributed by atoms with Crippen LogP contribution in [0.4, 0.5) is 4.39 Å². The van der Waals surface area contributed by atoms with Gasteiger partial charge in [-0.25, -0.2) is 19.2 Å². The van der Waals surface area contributed by atoms with E-state index in [0.29, 0.717) is 24.4 Å². The van der Waals surface area contributed by atoms with Gasteiger partial charge in [-0.05, 0) is 18.2 Å². The topological polar surface area (TPSA) is 126 Å². The fourth-order valence-electron chi connectivity index (χ4n) is 3.81.